The summed E-state index contributed by atoms with van der Waals surface area (Å²) in [6, 6.07) is 16.5. The van der Waals surface area contributed by atoms with Gasteiger partial charge >= 0.3 is 0 Å². The van der Waals surface area contributed by atoms with Crippen LogP contribution in [0.25, 0.3) is 0 Å². The molecule has 0 saturated heterocycles. The number of nitrogens with one attached hydrogen (secondary N) is 1. The zero-order valence-corrected chi connectivity index (χ0v) is 17.0. The standard InChI is InChI=1S/C23H32N2O2/c1-5-25(18(2)3)17-20-8-12-21(13-9-20)23(26)24-16-6-7-19-10-14-22(27-4)15-11-19/h8-15,18H,5-7,16-17H2,1-4H3,(H,24,26). The highest BCUT2D eigenvalue weighted by molar-refractivity contribution is 5.94. The molecule has 146 valence electrons. The first-order valence-electron chi connectivity index (χ1n) is 9.77. The number of hydrogen-bond acceptors (Lipinski definition) is 3. The van der Waals surface area contributed by atoms with Crippen LogP contribution >= 0.6 is 0 Å². The van der Waals surface area contributed by atoms with Crippen molar-refractivity contribution in [2.45, 2.75) is 46.2 Å². The van der Waals surface area contributed by atoms with Crippen LogP contribution in [0.3, 0.4) is 0 Å². The lowest BCUT2D eigenvalue weighted by Gasteiger charge is -2.24. The van der Waals surface area contributed by atoms with Crippen molar-refractivity contribution >= 4 is 5.91 Å². The number of ether oxygens (including phenoxy) is 1. The van der Waals surface area contributed by atoms with E-state index in [9.17, 15) is 4.79 Å². The summed E-state index contributed by atoms with van der Waals surface area (Å²) in [7, 11) is 1.67. The van der Waals surface area contributed by atoms with Crippen molar-refractivity contribution in [2.75, 3.05) is 20.2 Å². The lowest BCUT2D eigenvalue weighted by Crippen LogP contribution is -2.30. The molecule has 0 atom stereocenters. The van der Waals surface area contributed by atoms with Gasteiger partial charge in [-0.05, 0) is 68.6 Å². The summed E-state index contributed by atoms with van der Waals surface area (Å²) in [5, 5.41) is 3.01. The van der Waals surface area contributed by atoms with Crippen LogP contribution in [0.2, 0.25) is 0 Å². The summed E-state index contributed by atoms with van der Waals surface area (Å²) in [5.41, 5.74) is 3.21. The topological polar surface area (TPSA) is 41.6 Å². The van der Waals surface area contributed by atoms with Gasteiger partial charge in [-0.25, -0.2) is 0 Å². The maximum atomic E-state index is 12.3. The van der Waals surface area contributed by atoms with Crippen molar-refractivity contribution in [3.8, 4) is 5.75 Å². The quantitative estimate of drug-likeness (QED) is 0.636. The van der Waals surface area contributed by atoms with Gasteiger partial charge in [-0.2, -0.15) is 0 Å². The summed E-state index contributed by atoms with van der Waals surface area (Å²) in [6.45, 7) is 9.19. The Balaban J connectivity index is 1.76. The van der Waals surface area contributed by atoms with Crippen LogP contribution in [0.5, 0.6) is 5.75 Å². The number of carbonyl (C=O) groups excluding carboxylic acids is 1. The minimum absolute atomic E-state index is 0.00696. The molecule has 0 aliphatic heterocycles. The first-order chi connectivity index (χ1) is 13.0. The summed E-state index contributed by atoms with van der Waals surface area (Å²) < 4.78 is 5.16. The van der Waals surface area contributed by atoms with Crippen molar-refractivity contribution in [3.63, 3.8) is 0 Å². The number of nitrogens with zero attached hydrogens (tertiary/aromatic N) is 1. The Labute approximate surface area is 163 Å². The van der Waals surface area contributed by atoms with E-state index in [-0.39, 0.29) is 5.91 Å². The summed E-state index contributed by atoms with van der Waals surface area (Å²) in [6.07, 6.45) is 1.85. The molecule has 2 aromatic rings. The van der Waals surface area contributed by atoms with Crippen molar-refractivity contribution in [1.29, 1.82) is 0 Å². The molecule has 2 rings (SSSR count). The normalized spacial score (nSPS) is 11.0. The number of rotatable bonds is 10. The molecule has 0 aliphatic rings. The molecule has 0 aliphatic carbocycles. The predicted octanol–water partition coefficient (Wildman–Crippen LogP) is 4.29. The molecule has 4 heteroatoms. The molecular formula is C23H32N2O2. The fourth-order valence-electron chi connectivity index (χ4n) is 3.04. The van der Waals surface area contributed by atoms with E-state index in [0.29, 0.717) is 12.6 Å². The Kier molecular flexibility index (Phi) is 8.34. The van der Waals surface area contributed by atoms with Gasteiger partial charge in [0, 0.05) is 24.7 Å². The molecular weight excluding hydrogens is 336 g/mol. The van der Waals surface area contributed by atoms with Crippen LogP contribution in [0.4, 0.5) is 0 Å². The van der Waals surface area contributed by atoms with Crippen molar-refractivity contribution < 1.29 is 9.53 Å². The molecule has 1 amide bonds. The van der Waals surface area contributed by atoms with Crippen LogP contribution in [-0.2, 0) is 13.0 Å². The smallest absolute Gasteiger partial charge is 0.251 e. The van der Waals surface area contributed by atoms with E-state index >= 15 is 0 Å². The molecule has 0 saturated carbocycles. The lowest BCUT2D eigenvalue weighted by molar-refractivity contribution is 0.0953. The van der Waals surface area contributed by atoms with Gasteiger partial charge < -0.3 is 10.1 Å². The number of hydrogen-bond donors (Lipinski definition) is 1. The second-order valence-electron chi connectivity index (χ2n) is 7.06. The summed E-state index contributed by atoms with van der Waals surface area (Å²) >= 11 is 0. The van der Waals surface area contributed by atoms with Gasteiger partial charge in [0.05, 0.1) is 7.11 Å². The average Bonchev–Trinajstić information content (AvgIpc) is 2.69. The maximum absolute atomic E-state index is 12.3. The molecule has 0 bridgehead atoms. The number of methoxy groups -OCH3 is 1. The van der Waals surface area contributed by atoms with Gasteiger partial charge in [0.25, 0.3) is 5.91 Å². The molecule has 2 aromatic carbocycles. The van der Waals surface area contributed by atoms with Crippen molar-refractivity contribution in [3.05, 3.63) is 65.2 Å². The van der Waals surface area contributed by atoms with E-state index in [1.165, 1.54) is 11.1 Å². The molecule has 0 radical (unpaired) electrons. The van der Waals surface area contributed by atoms with Gasteiger partial charge in [-0.1, -0.05) is 31.2 Å². The minimum atomic E-state index is -0.00696. The van der Waals surface area contributed by atoms with Crippen LogP contribution in [0.1, 0.15) is 48.7 Å². The van der Waals surface area contributed by atoms with Crippen molar-refractivity contribution in [2.24, 2.45) is 0 Å². The fraction of sp³-hybridized carbons (Fsp3) is 0.435. The highest BCUT2D eigenvalue weighted by Gasteiger charge is 2.09. The number of aryl methyl sites for hydroxylation is 1. The number of benzene rings is 2. The van der Waals surface area contributed by atoms with E-state index in [0.717, 1.165) is 37.2 Å². The Morgan fingerprint density at radius 3 is 2.22 bits per heavy atom. The van der Waals surface area contributed by atoms with E-state index < -0.39 is 0 Å². The Hall–Kier alpha value is -2.33. The molecule has 27 heavy (non-hydrogen) atoms. The molecule has 0 unspecified atom stereocenters. The summed E-state index contributed by atoms with van der Waals surface area (Å²) in [4.78, 5) is 14.7. The van der Waals surface area contributed by atoms with E-state index in [2.05, 4.69) is 55.3 Å². The van der Waals surface area contributed by atoms with Crippen molar-refractivity contribution in [1.82, 2.24) is 10.2 Å². The number of amides is 1. The minimum Gasteiger partial charge on any atom is -0.497 e. The Morgan fingerprint density at radius 1 is 1.04 bits per heavy atom. The first-order valence-corrected chi connectivity index (χ1v) is 9.77. The van der Waals surface area contributed by atoms with Gasteiger partial charge in [0.15, 0.2) is 0 Å². The zero-order chi connectivity index (χ0) is 19.6. The molecule has 1 N–H and O–H groups in total. The van der Waals surface area contributed by atoms with Gasteiger partial charge in [-0.15, -0.1) is 0 Å². The van der Waals surface area contributed by atoms with E-state index in [1.54, 1.807) is 7.11 Å². The molecule has 4 nitrogen and oxygen atoms in total. The molecule has 0 heterocycles. The monoisotopic (exact) mass is 368 g/mol. The molecule has 0 fully saturated rings. The SMILES string of the molecule is CCN(Cc1ccc(C(=O)NCCCc2ccc(OC)cc2)cc1)C(C)C. The maximum Gasteiger partial charge on any atom is 0.251 e. The van der Waals surface area contributed by atoms with Gasteiger partial charge in [-0.3, -0.25) is 9.69 Å². The second-order valence-corrected chi connectivity index (χ2v) is 7.06. The molecule has 0 aromatic heterocycles. The van der Waals surface area contributed by atoms with Crippen LogP contribution in [0.15, 0.2) is 48.5 Å². The van der Waals surface area contributed by atoms with Crippen LogP contribution in [0, 0.1) is 0 Å². The number of carbonyl (C=O) groups is 1. The van der Waals surface area contributed by atoms with Crippen LogP contribution < -0.4 is 10.1 Å². The van der Waals surface area contributed by atoms with E-state index in [1.807, 2.05) is 24.3 Å². The third-order valence-electron chi connectivity index (χ3n) is 4.83. The van der Waals surface area contributed by atoms with Crippen LogP contribution in [-0.4, -0.2) is 37.0 Å². The Bertz CT molecular complexity index is 693. The predicted molar refractivity (Wildman–Crippen MR) is 111 cm³/mol. The Morgan fingerprint density at radius 2 is 1.67 bits per heavy atom. The van der Waals surface area contributed by atoms with E-state index in [4.69, 9.17) is 4.74 Å². The molecule has 0 spiro atoms. The third-order valence-corrected chi connectivity index (χ3v) is 4.83. The zero-order valence-electron chi connectivity index (χ0n) is 17.0. The van der Waals surface area contributed by atoms with Gasteiger partial charge in [0.2, 0.25) is 0 Å². The largest absolute Gasteiger partial charge is 0.497 e. The average molecular weight is 369 g/mol. The lowest BCUT2D eigenvalue weighted by atomic mass is 10.1. The third kappa shape index (κ3) is 6.72. The highest BCUT2D eigenvalue weighted by atomic mass is 16.5. The fourth-order valence-corrected chi connectivity index (χ4v) is 3.04. The second kappa shape index (κ2) is 10.7. The van der Waals surface area contributed by atoms with Gasteiger partial charge in [0.1, 0.15) is 5.75 Å². The highest BCUT2D eigenvalue weighted by Crippen LogP contribution is 2.13. The first kappa shape index (κ1) is 21.0. The summed E-state index contributed by atoms with van der Waals surface area (Å²) in [5.74, 6) is 0.860.